The quantitative estimate of drug-likeness (QED) is 0.260. The van der Waals surface area contributed by atoms with E-state index in [0.29, 0.717) is 6.42 Å². The van der Waals surface area contributed by atoms with Crippen LogP contribution in [0, 0.1) is 0 Å². The fraction of sp³-hybridized carbons (Fsp3) is 0.654. The Labute approximate surface area is 174 Å². The van der Waals surface area contributed by atoms with E-state index in [1.807, 2.05) is 0 Å². The van der Waals surface area contributed by atoms with Crippen molar-refractivity contribution in [3.8, 4) is 0 Å². The lowest BCUT2D eigenvalue weighted by Crippen LogP contribution is -2.09. The normalized spacial score (nSPS) is 11.3. The molecule has 0 saturated heterocycles. The summed E-state index contributed by atoms with van der Waals surface area (Å²) in [4.78, 5) is 10.7. The van der Waals surface area contributed by atoms with Gasteiger partial charge in [0.1, 0.15) is 0 Å². The molecule has 2 N–H and O–H groups in total. The Morgan fingerprint density at radius 1 is 0.821 bits per heavy atom. The largest absolute Gasteiger partial charge is 0.370 e. The molecule has 1 aromatic rings. The van der Waals surface area contributed by atoms with Crippen LogP contribution in [0.5, 0.6) is 0 Å². The van der Waals surface area contributed by atoms with E-state index in [1.165, 1.54) is 94.6 Å². The second kappa shape index (κ2) is 17.5. The van der Waals surface area contributed by atoms with Crippen LogP contribution in [-0.4, -0.2) is 5.91 Å². The Morgan fingerprint density at radius 3 is 2.14 bits per heavy atom. The zero-order valence-electron chi connectivity index (χ0n) is 18.3. The number of amides is 1. The Hall–Kier alpha value is -1.57. The molecule has 28 heavy (non-hydrogen) atoms. The molecule has 2 nitrogen and oxygen atoms in total. The van der Waals surface area contributed by atoms with Crippen LogP contribution in [0.2, 0.25) is 0 Å². The van der Waals surface area contributed by atoms with E-state index in [9.17, 15) is 4.79 Å². The number of rotatable bonds is 18. The van der Waals surface area contributed by atoms with E-state index >= 15 is 0 Å². The standard InChI is InChI=1S/C26H43NO/c1-2-3-4-5-11-14-19-24-21-17-18-22-25(24)20-15-12-9-7-6-8-10-13-16-23-26(27)28/h15,17-18,20-22H,2-14,16,19,23H2,1H3,(H2,27,28)/b20-15+. The van der Waals surface area contributed by atoms with Crippen molar-refractivity contribution in [2.24, 2.45) is 5.73 Å². The topological polar surface area (TPSA) is 43.1 Å². The van der Waals surface area contributed by atoms with Gasteiger partial charge in [0.2, 0.25) is 5.91 Å². The average Bonchev–Trinajstić information content (AvgIpc) is 2.69. The number of carbonyl (C=O) groups excluding carboxylic acids is 1. The first-order valence-corrected chi connectivity index (χ1v) is 11.8. The molecule has 0 saturated carbocycles. The van der Waals surface area contributed by atoms with Crippen LogP contribution in [-0.2, 0) is 11.2 Å². The number of unbranched alkanes of at least 4 members (excludes halogenated alkanes) is 12. The number of carbonyl (C=O) groups is 1. The van der Waals surface area contributed by atoms with E-state index < -0.39 is 0 Å². The van der Waals surface area contributed by atoms with Crippen molar-refractivity contribution in [3.63, 3.8) is 0 Å². The summed E-state index contributed by atoms with van der Waals surface area (Å²) in [6.07, 6.45) is 24.3. The molecule has 158 valence electrons. The minimum absolute atomic E-state index is 0.166. The molecule has 0 fully saturated rings. The highest BCUT2D eigenvalue weighted by Gasteiger charge is 1.99. The highest BCUT2D eigenvalue weighted by Crippen LogP contribution is 2.16. The molecule has 0 unspecified atom stereocenters. The van der Waals surface area contributed by atoms with Crippen molar-refractivity contribution in [1.29, 1.82) is 0 Å². The fourth-order valence-corrected chi connectivity index (χ4v) is 3.68. The number of benzene rings is 1. The first-order valence-electron chi connectivity index (χ1n) is 11.8. The van der Waals surface area contributed by atoms with Gasteiger partial charge < -0.3 is 5.73 Å². The lowest BCUT2D eigenvalue weighted by Gasteiger charge is -2.06. The summed E-state index contributed by atoms with van der Waals surface area (Å²) in [6.45, 7) is 2.28. The SMILES string of the molecule is CCCCCCCCc1ccccc1/C=C/CCCCCCCCCC(N)=O. The van der Waals surface area contributed by atoms with Crippen LogP contribution < -0.4 is 5.73 Å². The maximum Gasteiger partial charge on any atom is 0.217 e. The summed E-state index contributed by atoms with van der Waals surface area (Å²) in [5.41, 5.74) is 8.07. The number of primary amides is 1. The maximum atomic E-state index is 10.7. The zero-order valence-corrected chi connectivity index (χ0v) is 18.3. The van der Waals surface area contributed by atoms with Crippen LogP contribution in [0.4, 0.5) is 0 Å². The second-order valence-corrected chi connectivity index (χ2v) is 8.10. The summed E-state index contributed by atoms with van der Waals surface area (Å²) in [6, 6.07) is 8.88. The number of nitrogens with two attached hydrogens (primary N) is 1. The van der Waals surface area contributed by atoms with Crippen LogP contribution in [0.25, 0.3) is 6.08 Å². The fourth-order valence-electron chi connectivity index (χ4n) is 3.68. The van der Waals surface area contributed by atoms with Gasteiger partial charge in [-0.15, -0.1) is 0 Å². The molecule has 0 radical (unpaired) electrons. The molecular formula is C26H43NO. The van der Waals surface area contributed by atoms with Crippen molar-refractivity contribution in [3.05, 3.63) is 41.5 Å². The lowest BCUT2D eigenvalue weighted by molar-refractivity contribution is -0.118. The van der Waals surface area contributed by atoms with Crippen LogP contribution in [0.1, 0.15) is 114 Å². The maximum absolute atomic E-state index is 10.7. The smallest absolute Gasteiger partial charge is 0.217 e. The van der Waals surface area contributed by atoms with E-state index in [-0.39, 0.29) is 5.91 Å². The lowest BCUT2D eigenvalue weighted by atomic mass is 9.99. The van der Waals surface area contributed by atoms with Gasteiger partial charge in [-0.1, -0.05) is 108 Å². The summed E-state index contributed by atoms with van der Waals surface area (Å²) >= 11 is 0. The van der Waals surface area contributed by atoms with Gasteiger partial charge in [-0.05, 0) is 43.2 Å². The summed E-state index contributed by atoms with van der Waals surface area (Å²) in [7, 11) is 0. The average molecular weight is 386 g/mol. The van der Waals surface area contributed by atoms with Crippen LogP contribution in [0.15, 0.2) is 30.3 Å². The minimum Gasteiger partial charge on any atom is -0.370 e. The molecule has 2 heteroatoms. The summed E-state index contributed by atoms with van der Waals surface area (Å²) in [5.74, 6) is -0.166. The molecule has 0 atom stereocenters. The van der Waals surface area contributed by atoms with Crippen molar-refractivity contribution in [2.75, 3.05) is 0 Å². The van der Waals surface area contributed by atoms with E-state index in [2.05, 4.69) is 43.3 Å². The van der Waals surface area contributed by atoms with Gasteiger partial charge in [-0.2, -0.15) is 0 Å². The van der Waals surface area contributed by atoms with Gasteiger partial charge in [0, 0.05) is 6.42 Å². The first-order chi connectivity index (χ1) is 13.7. The van der Waals surface area contributed by atoms with Crippen LogP contribution in [0.3, 0.4) is 0 Å². The molecule has 1 aromatic carbocycles. The number of hydrogen-bond donors (Lipinski definition) is 1. The van der Waals surface area contributed by atoms with E-state index in [1.54, 1.807) is 0 Å². The molecule has 0 aliphatic carbocycles. The molecule has 0 spiro atoms. The third-order valence-electron chi connectivity index (χ3n) is 5.45. The Kier molecular flexibility index (Phi) is 15.3. The highest BCUT2D eigenvalue weighted by atomic mass is 16.1. The van der Waals surface area contributed by atoms with Crippen molar-refractivity contribution in [1.82, 2.24) is 0 Å². The first kappa shape index (κ1) is 24.5. The molecule has 0 aliphatic heterocycles. The molecular weight excluding hydrogens is 342 g/mol. The predicted octanol–water partition coefficient (Wildman–Crippen LogP) is 7.60. The minimum atomic E-state index is -0.166. The van der Waals surface area contributed by atoms with Gasteiger partial charge in [-0.3, -0.25) is 4.79 Å². The van der Waals surface area contributed by atoms with Gasteiger partial charge in [-0.25, -0.2) is 0 Å². The zero-order chi connectivity index (χ0) is 20.3. The number of allylic oxidation sites excluding steroid dienone is 1. The predicted molar refractivity (Wildman–Crippen MR) is 123 cm³/mol. The Balaban J connectivity index is 2.11. The molecule has 0 aliphatic rings. The van der Waals surface area contributed by atoms with Gasteiger partial charge in [0.25, 0.3) is 0 Å². The summed E-state index contributed by atoms with van der Waals surface area (Å²) < 4.78 is 0. The van der Waals surface area contributed by atoms with E-state index in [4.69, 9.17) is 5.73 Å². The third kappa shape index (κ3) is 13.6. The molecule has 0 bridgehead atoms. The molecule has 1 rings (SSSR count). The van der Waals surface area contributed by atoms with Crippen molar-refractivity contribution >= 4 is 12.0 Å². The molecule has 0 aromatic heterocycles. The number of aryl methyl sites for hydroxylation is 1. The van der Waals surface area contributed by atoms with Gasteiger partial charge in [0.15, 0.2) is 0 Å². The highest BCUT2D eigenvalue weighted by molar-refractivity contribution is 5.73. The monoisotopic (exact) mass is 385 g/mol. The van der Waals surface area contributed by atoms with Gasteiger partial charge in [0.05, 0.1) is 0 Å². The Morgan fingerprint density at radius 2 is 1.43 bits per heavy atom. The van der Waals surface area contributed by atoms with Crippen molar-refractivity contribution < 1.29 is 4.79 Å². The van der Waals surface area contributed by atoms with Crippen molar-refractivity contribution in [2.45, 2.75) is 110 Å². The van der Waals surface area contributed by atoms with E-state index in [0.717, 1.165) is 12.8 Å². The van der Waals surface area contributed by atoms with Crippen LogP contribution >= 0.6 is 0 Å². The number of hydrogen-bond acceptors (Lipinski definition) is 1. The summed E-state index contributed by atoms with van der Waals surface area (Å²) in [5, 5.41) is 0. The molecule has 1 amide bonds. The second-order valence-electron chi connectivity index (χ2n) is 8.10. The van der Waals surface area contributed by atoms with Gasteiger partial charge >= 0.3 is 0 Å². The Bertz CT molecular complexity index is 535. The third-order valence-corrected chi connectivity index (χ3v) is 5.45. The molecule has 0 heterocycles.